The Labute approximate surface area is 322 Å². The normalized spacial score (nSPS) is 11.6. The van der Waals surface area contributed by atoms with Crippen molar-refractivity contribution >= 4 is 43.9 Å². The maximum Gasteiger partial charge on any atom is 0.164 e. The molecule has 11 aromatic rings. The van der Waals surface area contributed by atoms with Gasteiger partial charge in [-0.25, -0.2) is 15.0 Å². The van der Waals surface area contributed by atoms with Crippen LogP contribution in [0.2, 0.25) is 0 Å². The van der Waals surface area contributed by atoms with Crippen LogP contribution in [-0.4, -0.2) is 15.0 Å². The minimum Gasteiger partial charge on any atom is -0.456 e. The van der Waals surface area contributed by atoms with Gasteiger partial charge in [-0.15, -0.1) is 0 Å². The van der Waals surface area contributed by atoms with Crippen LogP contribution < -0.4 is 0 Å². The third-order valence-electron chi connectivity index (χ3n) is 10.6. The van der Waals surface area contributed by atoms with E-state index in [9.17, 15) is 0 Å². The van der Waals surface area contributed by atoms with Gasteiger partial charge in [-0.1, -0.05) is 158 Å². The number of fused-ring (bicyclic) bond motifs is 6. The minimum absolute atomic E-state index is 0.572. The summed E-state index contributed by atoms with van der Waals surface area (Å²) in [4.78, 5) is 15.1. The number of rotatable bonds is 6. The topological polar surface area (TPSA) is 65.0 Å². The molecule has 8 aromatic carbocycles. The molecule has 0 fully saturated rings. The Hall–Kier alpha value is -7.63. The van der Waals surface area contributed by atoms with E-state index in [4.69, 9.17) is 23.8 Å². The first-order valence-electron chi connectivity index (χ1n) is 18.7. The molecule has 3 aromatic heterocycles. The van der Waals surface area contributed by atoms with Crippen LogP contribution in [0.25, 0.3) is 111 Å². The van der Waals surface area contributed by atoms with Gasteiger partial charge < -0.3 is 8.83 Å². The first-order valence-corrected chi connectivity index (χ1v) is 18.7. The molecular formula is C51H31N3O2. The highest BCUT2D eigenvalue weighted by Gasteiger charge is 2.19. The summed E-state index contributed by atoms with van der Waals surface area (Å²) in [6.07, 6.45) is 0. The molecule has 0 aliphatic heterocycles. The summed E-state index contributed by atoms with van der Waals surface area (Å²) in [5, 5.41) is 4.25. The van der Waals surface area contributed by atoms with Gasteiger partial charge in [0.05, 0.1) is 0 Å². The molecule has 0 saturated heterocycles. The Kier molecular flexibility index (Phi) is 7.42. The summed E-state index contributed by atoms with van der Waals surface area (Å²) in [7, 11) is 0. The molecule has 5 nitrogen and oxygen atoms in total. The van der Waals surface area contributed by atoms with Crippen molar-refractivity contribution in [1.29, 1.82) is 0 Å². The Morgan fingerprint density at radius 2 is 0.804 bits per heavy atom. The predicted molar refractivity (Wildman–Crippen MR) is 227 cm³/mol. The van der Waals surface area contributed by atoms with Gasteiger partial charge in [-0.2, -0.15) is 0 Å². The summed E-state index contributed by atoms with van der Waals surface area (Å²) >= 11 is 0. The zero-order valence-electron chi connectivity index (χ0n) is 30.1. The number of furan rings is 2. The summed E-state index contributed by atoms with van der Waals surface area (Å²) in [5.74, 6) is 1.78. The SMILES string of the molecule is c1ccc(-c2cccc(-c3ccc(-c4nc(-c5ccccc5)nc(-c5ccc6c(c5)oc5cccc(-c7cccc8c7oc7ccccc78)c56)n4)cc3)c2)cc1. The second-order valence-electron chi connectivity index (χ2n) is 14.0. The highest BCUT2D eigenvalue weighted by molar-refractivity contribution is 6.17. The molecule has 0 aliphatic carbocycles. The van der Waals surface area contributed by atoms with E-state index in [1.165, 1.54) is 11.1 Å². The van der Waals surface area contributed by atoms with E-state index in [1.54, 1.807) is 0 Å². The average Bonchev–Trinajstić information content (AvgIpc) is 3.85. The molecule has 11 rings (SSSR count). The molecule has 56 heavy (non-hydrogen) atoms. The van der Waals surface area contributed by atoms with Gasteiger partial charge >= 0.3 is 0 Å². The molecule has 3 heterocycles. The Bertz CT molecular complexity index is 3240. The number of nitrogens with zero attached hydrogens (tertiary/aromatic N) is 3. The fourth-order valence-corrected chi connectivity index (χ4v) is 7.82. The summed E-state index contributed by atoms with van der Waals surface area (Å²) in [5.41, 5.74) is 12.7. The van der Waals surface area contributed by atoms with E-state index in [2.05, 4.69) is 115 Å². The van der Waals surface area contributed by atoms with Crippen molar-refractivity contribution in [3.63, 3.8) is 0 Å². The van der Waals surface area contributed by atoms with E-state index in [-0.39, 0.29) is 0 Å². The molecule has 0 saturated carbocycles. The standard InChI is InChI=1S/C51H31N3O2/c1-3-12-32(13-4-1)36-16-9-17-37(30-36)33-24-26-35(27-25-33)50-52-49(34-14-5-2-6-15-34)53-51(54-50)38-28-29-43-46(31-38)55-45-23-11-19-40(47(43)45)42-21-10-20-41-39-18-7-8-22-44(39)56-48(41)42/h1-31H. The van der Waals surface area contributed by atoms with Gasteiger partial charge in [0.2, 0.25) is 0 Å². The molecular weight excluding hydrogens is 687 g/mol. The third-order valence-corrected chi connectivity index (χ3v) is 10.6. The van der Waals surface area contributed by atoms with Crippen LogP contribution in [0.5, 0.6) is 0 Å². The Morgan fingerprint density at radius 3 is 1.57 bits per heavy atom. The molecule has 0 aliphatic rings. The van der Waals surface area contributed by atoms with Crippen molar-refractivity contribution in [2.75, 3.05) is 0 Å². The van der Waals surface area contributed by atoms with Crippen LogP contribution >= 0.6 is 0 Å². The first kappa shape index (κ1) is 31.9. The second-order valence-corrected chi connectivity index (χ2v) is 14.0. The Balaban J connectivity index is 1.00. The monoisotopic (exact) mass is 717 g/mol. The number of para-hydroxylation sites is 2. The quantitative estimate of drug-likeness (QED) is 0.171. The van der Waals surface area contributed by atoms with E-state index in [1.807, 2.05) is 72.8 Å². The molecule has 0 unspecified atom stereocenters. The summed E-state index contributed by atoms with van der Waals surface area (Å²) in [6.45, 7) is 0. The van der Waals surface area contributed by atoms with Crippen LogP contribution in [0.15, 0.2) is 197 Å². The van der Waals surface area contributed by atoms with Gasteiger partial charge in [0.25, 0.3) is 0 Å². The lowest BCUT2D eigenvalue weighted by molar-refractivity contribution is 0.669. The predicted octanol–water partition coefficient (Wildman–Crippen LogP) is 13.7. The lowest BCUT2D eigenvalue weighted by Gasteiger charge is -2.10. The van der Waals surface area contributed by atoms with Crippen LogP contribution in [0, 0.1) is 0 Å². The van der Waals surface area contributed by atoms with Gasteiger partial charge in [-0.05, 0) is 58.1 Å². The summed E-state index contributed by atoms with van der Waals surface area (Å²) < 4.78 is 13.0. The zero-order valence-corrected chi connectivity index (χ0v) is 30.1. The van der Waals surface area contributed by atoms with Crippen molar-refractivity contribution < 1.29 is 8.83 Å². The van der Waals surface area contributed by atoms with Gasteiger partial charge in [0.15, 0.2) is 17.5 Å². The first-order chi connectivity index (χ1) is 27.7. The molecule has 0 bridgehead atoms. The fourth-order valence-electron chi connectivity index (χ4n) is 7.82. The van der Waals surface area contributed by atoms with Crippen LogP contribution in [0.1, 0.15) is 0 Å². The highest BCUT2D eigenvalue weighted by Crippen LogP contribution is 2.42. The smallest absolute Gasteiger partial charge is 0.164 e. The fraction of sp³-hybridized carbons (Fsp3) is 0. The van der Waals surface area contributed by atoms with Gasteiger partial charge in [0, 0.05) is 43.8 Å². The number of hydrogen-bond donors (Lipinski definition) is 0. The van der Waals surface area contributed by atoms with E-state index in [0.717, 1.165) is 82.8 Å². The maximum absolute atomic E-state index is 6.57. The Morgan fingerprint density at radius 1 is 0.286 bits per heavy atom. The number of aromatic nitrogens is 3. The van der Waals surface area contributed by atoms with Crippen molar-refractivity contribution in [3.8, 4) is 67.5 Å². The van der Waals surface area contributed by atoms with Crippen molar-refractivity contribution in [1.82, 2.24) is 15.0 Å². The number of hydrogen-bond acceptors (Lipinski definition) is 5. The molecule has 0 N–H and O–H groups in total. The van der Waals surface area contributed by atoms with E-state index in [0.29, 0.717) is 17.5 Å². The van der Waals surface area contributed by atoms with Gasteiger partial charge in [-0.3, -0.25) is 0 Å². The number of benzene rings is 8. The zero-order chi connectivity index (χ0) is 37.0. The third kappa shape index (κ3) is 5.45. The highest BCUT2D eigenvalue weighted by atomic mass is 16.3. The van der Waals surface area contributed by atoms with Crippen LogP contribution in [0.4, 0.5) is 0 Å². The van der Waals surface area contributed by atoms with Crippen molar-refractivity contribution in [2.45, 2.75) is 0 Å². The van der Waals surface area contributed by atoms with Crippen LogP contribution in [0.3, 0.4) is 0 Å². The largest absolute Gasteiger partial charge is 0.456 e. The van der Waals surface area contributed by atoms with Crippen molar-refractivity contribution in [2.24, 2.45) is 0 Å². The lowest BCUT2D eigenvalue weighted by Crippen LogP contribution is -2.00. The minimum atomic E-state index is 0.572. The maximum atomic E-state index is 6.57. The molecule has 0 spiro atoms. The van der Waals surface area contributed by atoms with E-state index >= 15 is 0 Å². The van der Waals surface area contributed by atoms with Gasteiger partial charge in [0.1, 0.15) is 22.3 Å². The second kappa shape index (κ2) is 13.0. The average molecular weight is 718 g/mol. The molecule has 0 atom stereocenters. The summed E-state index contributed by atoms with van der Waals surface area (Å²) in [6, 6.07) is 64.5. The van der Waals surface area contributed by atoms with Crippen molar-refractivity contribution in [3.05, 3.63) is 188 Å². The molecule has 0 radical (unpaired) electrons. The molecule has 5 heteroatoms. The molecule has 0 amide bonds. The lowest BCUT2D eigenvalue weighted by atomic mass is 9.97. The molecule has 262 valence electrons. The van der Waals surface area contributed by atoms with E-state index < -0.39 is 0 Å². The van der Waals surface area contributed by atoms with Crippen LogP contribution in [-0.2, 0) is 0 Å².